The second-order valence-corrected chi connectivity index (χ2v) is 6.00. The SMILES string of the molecule is Cc1cc(/C=C/C(=O)O)ccc1N1CCN2CCCC2C1. The molecule has 0 amide bonds. The third kappa shape index (κ3) is 3.10. The Morgan fingerprint density at radius 3 is 2.95 bits per heavy atom. The molecule has 2 heterocycles. The molecular weight excluding hydrogens is 264 g/mol. The highest BCUT2D eigenvalue weighted by molar-refractivity contribution is 5.85. The van der Waals surface area contributed by atoms with Gasteiger partial charge < -0.3 is 10.0 Å². The second kappa shape index (κ2) is 5.90. The lowest BCUT2D eigenvalue weighted by Gasteiger charge is -2.39. The third-order valence-corrected chi connectivity index (χ3v) is 4.57. The molecular formula is C17H22N2O2. The van der Waals surface area contributed by atoms with Crippen molar-refractivity contribution < 1.29 is 9.90 Å². The minimum atomic E-state index is -0.908. The predicted octanol–water partition coefficient (Wildman–Crippen LogP) is 2.38. The molecule has 112 valence electrons. The maximum atomic E-state index is 10.6. The van der Waals surface area contributed by atoms with E-state index in [0.717, 1.165) is 25.2 Å². The van der Waals surface area contributed by atoms with Gasteiger partial charge in [0.1, 0.15) is 0 Å². The van der Waals surface area contributed by atoms with Gasteiger partial charge in [0.15, 0.2) is 0 Å². The van der Waals surface area contributed by atoms with E-state index in [4.69, 9.17) is 5.11 Å². The van der Waals surface area contributed by atoms with Crippen molar-refractivity contribution in [3.8, 4) is 0 Å². The molecule has 2 saturated heterocycles. The number of rotatable bonds is 3. The van der Waals surface area contributed by atoms with Crippen LogP contribution in [-0.4, -0.2) is 48.2 Å². The molecule has 2 aliphatic heterocycles. The van der Waals surface area contributed by atoms with E-state index in [1.54, 1.807) is 6.08 Å². The fourth-order valence-electron chi connectivity index (χ4n) is 3.51. The molecule has 2 fully saturated rings. The van der Waals surface area contributed by atoms with E-state index in [1.807, 2.05) is 6.07 Å². The van der Waals surface area contributed by atoms with Gasteiger partial charge in [0.25, 0.3) is 0 Å². The van der Waals surface area contributed by atoms with Gasteiger partial charge in [0.2, 0.25) is 0 Å². The molecule has 4 heteroatoms. The molecule has 0 aliphatic carbocycles. The van der Waals surface area contributed by atoms with Crippen LogP contribution in [0.4, 0.5) is 5.69 Å². The van der Waals surface area contributed by atoms with E-state index in [-0.39, 0.29) is 0 Å². The number of aryl methyl sites for hydroxylation is 1. The predicted molar refractivity (Wildman–Crippen MR) is 84.7 cm³/mol. The lowest BCUT2D eigenvalue weighted by atomic mass is 10.1. The molecule has 1 aromatic rings. The van der Waals surface area contributed by atoms with Crippen LogP contribution < -0.4 is 4.90 Å². The Bertz CT molecular complexity index is 568. The van der Waals surface area contributed by atoms with E-state index < -0.39 is 5.97 Å². The quantitative estimate of drug-likeness (QED) is 0.866. The summed E-state index contributed by atoms with van der Waals surface area (Å²) in [6.45, 7) is 6.72. The first kappa shape index (κ1) is 14.1. The summed E-state index contributed by atoms with van der Waals surface area (Å²) >= 11 is 0. The van der Waals surface area contributed by atoms with Crippen LogP contribution in [0.15, 0.2) is 24.3 Å². The molecule has 1 aromatic carbocycles. The van der Waals surface area contributed by atoms with Gasteiger partial charge in [-0.2, -0.15) is 0 Å². The van der Waals surface area contributed by atoms with Crippen molar-refractivity contribution in [2.45, 2.75) is 25.8 Å². The summed E-state index contributed by atoms with van der Waals surface area (Å²) in [5.74, 6) is -0.908. The summed E-state index contributed by atoms with van der Waals surface area (Å²) < 4.78 is 0. The highest BCUT2D eigenvalue weighted by Crippen LogP contribution is 2.28. The average Bonchev–Trinajstić information content (AvgIpc) is 2.92. The molecule has 0 aromatic heterocycles. The van der Waals surface area contributed by atoms with Crippen LogP contribution in [0.5, 0.6) is 0 Å². The number of nitrogens with zero attached hydrogens (tertiary/aromatic N) is 2. The van der Waals surface area contributed by atoms with Crippen LogP contribution in [0.1, 0.15) is 24.0 Å². The summed E-state index contributed by atoms with van der Waals surface area (Å²) in [5.41, 5.74) is 3.45. The Hall–Kier alpha value is -1.81. The monoisotopic (exact) mass is 286 g/mol. The normalized spacial score (nSPS) is 22.7. The van der Waals surface area contributed by atoms with E-state index in [0.29, 0.717) is 6.04 Å². The average molecular weight is 286 g/mol. The smallest absolute Gasteiger partial charge is 0.328 e. The standard InChI is InChI=1S/C17H22N2O2/c1-13-11-14(5-7-17(20)21)4-6-16(13)19-10-9-18-8-2-3-15(18)12-19/h4-7,11,15H,2-3,8-10,12H2,1H3,(H,20,21)/b7-5+. The number of carboxylic acids is 1. The second-order valence-electron chi connectivity index (χ2n) is 6.00. The first-order valence-corrected chi connectivity index (χ1v) is 7.64. The van der Waals surface area contributed by atoms with Crippen LogP contribution in [0.3, 0.4) is 0 Å². The zero-order valence-electron chi connectivity index (χ0n) is 12.5. The number of benzene rings is 1. The van der Waals surface area contributed by atoms with E-state index in [9.17, 15) is 4.79 Å². The molecule has 21 heavy (non-hydrogen) atoms. The summed E-state index contributed by atoms with van der Waals surface area (Å²) in [4.78, 5) is 15.7. The molecule has 3 rings (SSSR count). The summed E-state index contributed by atoms with van der Waals surface area (Å²) in [5, 5.41) is 8.69. The van der Waals surface area contributed by atoms with Crippen molar-refractivity contribution in [1.29, 1.82) is 0 Å². The highest BCUT2D eigenvalue weighted by Gasteiger charge is 2.30. The van der Waals surface area contributed by atoms with Gasteiger partial charge in [-0.3, -0.25) is 4.90 Å². The van der Waals surface area contributed by atoms with Crippen molar-refractivity contribution >= 4 is 17.7 Å². The van der Waals surface area contributed by atoms with Gasteiger partial charge >= 0.3 is 5.97 Å². The number of fused-ring (bicyclic) bond motifs is 1. The maximum Gasteiger partial charge on any atom is 0.328 e. The van der Waals surface area contributed by atoms with Crippen LogP contribution in [0.2, 0.25) is 0 Å². The number of carbonyl (C=O) groups is 1. The van der Waals surface area contributed by atoms with Crippen molar-refractivity contribution in [2.75, 3.05) is 31.1 Å². The molecule has 0 radical (unpaired) electrons. The minimum Gasteiger partial charge on any atom is -0.478 e. The number of carboxylic acid groups (broad SMARTS) is 1. The molecule has 1 unspecified atom stereocenters. The van der Waals surface area contributed by atoms with Crippen LogP contribution in [0, 0.1) is 6.92 Å². The Kier molecular flexibility index (Phi) is 3.97. The van der Waals surface area contributed by atoms with Crippen molar-refractivity contribution in [3.05, 3.63) is 35.4 Å². The Balaban J connectivity index is 1.75. The zero-order valence-corrected chi connectivity index (χ0v) is 12.5. The maximum absolute atomic E-state index is 10.6. The number of anilines is 1. The third-order valence-electron chi connectivity index (χ3n) is 4.57. The van der Waals surface area contributed by atoms with Crippen molar-refractivity contribution in [1.82, 2.24) is 4.90 Å². The van der Waals surface area contributed by atoms with Gasteiger partial charge in [-0.25, -0.2) is 4.79 Å². The van der Waals surface area contributed by atoms with Gasteiger partial charge in [-0.1, -0.05) is 6.07 Å². The molecule has 1 N–H and O–H groups in total. The van der Waals surface area contributed by atoms with E-state index >= 15 is 0 Å². The van der Waals surface area contributed by atoms with Crippen LogP contribution >= 0.6 is 0 Å². The number of piperazine rings is 1. The summed E-state index contributed by atoms with van der Waals surface area (Å²) in [7, 11) is 0. The van der Waals surface area contributed by atoms with E-state index in [1.165, 1.54) is 36.7 Å². The number of aliphatic carboxylic acids is 1. The molecule has 0 saturated carbocycles. The highest BCUT2D eigenvalue weighted by atomic mass is 16.4. The van der Waals surface area contributed by atoms with Crippen molar-refractivity contribution in [2.24, 2.45) is 0 Å². The largest absolute Gasteiger partial charge is 0.478 e. The molecule has 0 spiro atoms. The first-order chi connectivity index (χ1) is 10.1. The summed E-state index contributed by atoms with van der Waals surface area (Å²) in [6.07, 6.45) is 5.48. The Morgan fingerprint density at radius 2 is 2.19 bits per heavy atom. The number of hydrogen-bond donors (Lipinski definition) is 1. The summed E-state index contributed by atoms with van der Waals surface area (Å²) in [6, 6.07) is 6.91. The van der Waals surface area contributed by atoms with E-state index in [2.05, 4.69) is 28.9 Å². The Morgan fingerprint density at radius 1 is 1.33 bits per heavy atom. The molecule has 2 aliphatic rings. The minimum absolute atomic E-state index is 0.713. The fourth-order valence-corrected chi connectivity index (χ4v) is 3.51. The van der Waals surface area contributed by atoms with Gasteiger partial charge in [0, 0.05) is 37.4 Å². The molecule has 4 nitrogen and oxygen atoms in total. The van der Waals surface area contributed by atoms with Gasteiger partial charge in [0.05, 0.1) is 0 Å². The van der Waals surface area contributed by atoms with Gasteiger partial charge in [-0.05, 0) is 55.6 Å². The first-order valence-electron chi connectivity index (χ1n) is 7.64. The topological polar surface area (TPSA) is 43.8 Å². The fraction of sp³-hybridized carbons (Fsp3) is 0.471. The number of hydrogen-bond acceptors (Lipinski definition) is 3. The Labute approximate surface area is 125 Å². The van der Waals surface area contributed by atoms with Crippen LogP contribution in [0.25, 0.3) is 6.08 Å². The lowest BCUT2D eigenvalue weighted by molar-refractivity contribution is -0.131. The lowest BCUT2D eigenvalue weighted by Crippen LogP contribution is -2.50. The van der Waals surface area contributed by atoms with Crippen molar-refractivity contribution in [3.63, 3.8) is 0 Å². The van der Waals surface area contributed by atoms with Gasteiger partial charge in [-0.15, -0.1) is 0 Å². The molecule has 0 bridgehead atoms. The van der Waals surface area contributed by atoms with Crippen LogP contribution in [-0.2, 0) is 4.79 Å². The zero-order chi connectivity index (χ0) is 14.8. The molecule has 1 atom stereocenters.